The fourth-order valence-corrected chi connectivity index (χ4v) is 1.47. The molecule has 98 valence electrons. The van der Waals surface area contributed by atoms with Gasteiger partial charge in [0.15, 0.2) is 6.10 Å². The van der Waals surface area contributed by atoms with E-state index in [4.69, 9.17) is 14.6 Å². The first-order valence-electron chi connectivity index (χ1n) is 5.76. The van der Waals surface area contributed by atoms with Crippen molar-refractivity contribution in [2.45, 2.75) is 50.9 Å². The van der Waals surface area contributed by atoms with Gasteiger partial charge in [-0.1, -0.05) is 13.3 Å². The Labute approximate surface area is 99.5 Å². The van der Waals surface area contributed by atoms with Crippen LogP contribution in [0.4, 0.5) is 0 Å². The topological polar surface area (TPSA) is 96.4 Å². The number of unbranched alkanes of at least 4 members (excludes halogenated alkanes) is 1. The van der Waals surface area contributed by atoms with Crippen molar-refractivity contribution in [3.8, 4) is 0 Å². The van der Waals surface area contributed by atoms with Crippen LogP contribution in [0.25, 0.3) is 0 Å². The molecule has 6 heteroatoms. The predicted molar refractivity (Wildman–Crippen MR) is 57.4 cm³/mol. The Morgan fingerprint density at radius 1 is 1.53 bits per heavy atom. The molecular weight excluding hydrogens is 228 g/mol. The lowest BCUT2D eigenvalue weighted by atomic mass is 10.1. The minimum atomic E-state index is -1.60. The molecule has 1 aliphatic heterocycles. The molecule has 1 aliphatic rings. The lowest BCUT2D eigenvalue weighted by Crippen LogP contribution is -2.32. The van der Waals surface area contributed by atoms with Crippen molar-refractivity contribution in [2.24, 2.45) is 0 Å². The summed E-state index contributed by atoms with van der Waals surface area (Å²) < 4.78 is 10.1. The van der Waals surface area contributed by atoms with Crippen molar-refractivity contribution in [1.29, 1.82) is 0 Å². The number of aliphatic carboxylic acids is 1. The van der Waals surface area contributed by atoms with Gasteiger partial charge >= 0.3 is 11.9 Å². The van der Waals surface area contributed by atoms with Gasteiger partial charge in [-0.25, -0.2) is 4.79 Å². The van der Waals surface area contributed by atoms with E-state index in [1.165, 1.54) is 0 Å². The summed E-state index contributed by atoms with van der Waals surface area (Å²) in [6.45, 7) is 2.57. The standard InChI is InChI=1S/C11H18O6/c1-2-3-4-8(9-6-16-9)17-11(15)7(12)5-10(13)14/h7-9,12H,2-6H2,1H3,(H,13,14). The van der Waals surface area contributed by atoms with E-state index in [1.807, 2.05) is 6.92 Å². The van der Waals surface area contributed by atoms with Crippen LogP contribution in [-0.4, -0.2) is 47.1 Å². The van der Waals surface area contributed by atoms with Gasteiger partial charge in [-0.15, -0.1) is 0 Å². The lowest BCUT2D eigenvalue weighted by Gasteiger charge is -2.17. The van der Waals surface area contributed by atoms with Crippen LogP contribution in [0.15, 0.2) is 0 Å². The van der Waals surface area contributed by atoms with Crippen LogP contribution in [0.2, 0.25) is 0 Å². The Kier molecular flexibility index (Phi) is 5.37. The monoisotopic (exact) mass is 246 g/mol. The molecule has 0 spiro atoms. The van der Waals surface area contributed by atoms with Crippen LogP contribution in [0.5, 0.6) is 0 Å². The first kappa shape index (κ1) is 13.9. The molecule has 0 aliphatic carbocycles. The number of epoxide rings is 1. The number of aliphatic hydroxyl groups excluding tert-OH is 1. The quantitative estimate of drug-likeness (QED) is 0.473. The number of aliphatic hydroxyl groups is 1. The van der Waals surface area contributed by atoms with Gasteiger partial charge in [0.05, 0.1) is 13.0 Å². The molecule has 1 heterocycles. The Hall–Kier alpha value is -1.14. The minimum Gasteiger partial charge on any atom is -0.481 e. The third-order valence-electron chi connectivity index (χ3n) is 2.52. The Bertz CT molecular complexity index is 273. The predicted octanol–water partition coefficient (Wildman–Crippen LogP) is 0.323. The number of carbonyl (C=O) groups excluding carboxylic acids is 1. The number of esters is 1. The summed E-state index contributed by atoms with van der Waals surface area (Å²) in [5.74, 6) is -2.12. The molecule has 1 saturated heterocycles. The maximum absolute atomic E-state index is 11.4. The molecule has 0 amide bonds. The second-order valence-electron chi connectivity index (χ2n) is 4.10. The molecule has 0 aromatic heterocycles. The third-order valence-corrected chi connectivity index (χ3v) is 2.52. The summed E-state index contributed by atoms with van der Waals surface area (Å²) in [5.41, 5.74) is 0. The molecule has 0 aromatic rings. The van der Waals surface area contributed by atoms with Crippen LogP contribution in [0.3, 0.4) is 0 Å². The van der Waals surface area contributed by atoms with E-state index < -0.39 is 24.5 Å². The van der Waals surface area contributed by atoms with Crippen LogP contribution >= 0.6 is 0 Å². The van der Waals surface area contributed by atoms with Gasteiger partial charge < -0.3 is 19.7 Å². The zero-order valence-corrected chi connectivity index (χ0v) is 9.80. The van der Waals surface area contributed by atoms with Gasteiger partial charge in [-0.3, -0.25) is 4.79 Å². The molecule has 2 N–H and O–H groups in total. The summed E-state index contributed by atoms with van der Waals surface area (Å²) in [7, 11) is 0. The van der Waals surface area contributed by atoms with Crippen molar-refractivity contribution in [2.75, 3.05) is 6.61 Å². The Morgan fingerprint density at radius 2 is 2.18 bits per heavy atom. The highest BCUT2D eigenvalue weighted by molar-refractivity contribution is 5.80. The third kappa shape index (κ3) is 5.14. The highest BCUT2D eigenvalue weighted by Crippen LogP contribution is 2.22. The molecule has 3 unspecified atom stereocenters. The number of ether oxygens (including phenoxy) is 2. The molecule has 1 rings (SSSR count). The average molecular weight is 246 g/mol. The second-order valence-corrected chi connectivity index (χ2v) is 4.10. The number of carboxylic acid groups (broad SMARTS) is 1. The van der Waals surface area contributed by atoms with Crippen LogP contribution in [-0.2, 0) is 19.1 Å². The SMILES string of the molecule is CCCCC(OC(=O)C(O)CC(=O)O)C1CO1. The first-order chi connectivity index (χ1) is 8.04. The minimum absolute atomic E-state index is 0.0949. The van der Waals surface area contributed by atoms with E-state index in [1.54, 1.807) is 0 Å². The largest absolute Gasteiger partial charge is 0.481 e. The number of hydrogen-bond donors (Lipinski definition) is 2. The Morgan fingerprint density at radius 3 is 2.65 bits per heavy atom. The van der Waals surface area contributed by atoms with E-state index in [9.17, 15) is 14.7 Å². The van der Waals surface area contributed by atoms with Crippen LogP contribution in [0, 0.1) is 0 Å². The highest BCUT2D eigenvalue weighted by Gasteiger charge is 2.36. The molecular formula is C11H18O6. The fourth-order valence-electron chi connectivity index (χ4n) is 1.47. The number of hydrogen-bond acceptors (Lipinski definition) is 5. The first-order valence-corrected chi connectivity index (χ1v) is 5.76. The van der Waals surface area contributed by atoms with E-state index in [0.717, 1.165) is 12.8 Å². The second kappa shape index (κ2) is 6.56. The van der Waals surface area contributed by atoms with Gasteiger partial charge in [0.2, 0.25) is 0 Å². The van der Waals surface area contributed by atoms with Crippen LogP contribution in [0.1, 0.15) is 32.6 Å². The van der Waals surface area contributed by atoms with E-state index in [0.29, 0.717) is 13.0 Å². The van der Waals surface area contributed by atoms with Crippen molar-refractivity contribution in [3.63, 3.8) is 0 Å². The van der Waals surface area contributed by atoms with Gasteiger partial charge in [-0.2, -0.15) is 0 Å². The van der Waals surface area contributed by atoms with E-state index >= 15 is 0 Å². The number of carbonyl (C=O) groups is 2. The molecule has 0 saturated carbocycles. The van der Waals surface area contributed by atoms with Crippen molar-refractivity contribution in [1.82, 2.24) is 0 Å². The fraction of sp³-hybridized carbons (Fsp3) is 0.818. The van der Waals surface area contributed by atoms with Crippen molar-refractivity contribution in [3.05, 3.63) is 0 Å². The summed E-state index contributed by atoms with van der Waals surface area (Å²) in [4.78, 5) is 21.7. The normalized spacial score (nSPS) is 21.6. The molecule has 3 atom stereocenters. The lowest BCUT2D eigenvalue weighted by molar-refractivity contribution is -0.164. The average Bonchev–Trinajstić information content (AvgIpc) is 3.06. The number of rotatable bonds is 8. The molecule has 0 bridgehead atoms. The molecule has 6 nitrogen and oxygen atoms in total. The smallest absolute Gasteiger partial charge is 0.335 e. The van der Waals surface area contributed by atoms with Gasteiger partial charge in [-0.05, 0) is 12.8 Å². The van der Waals surface area contributed by atoms with Gasteiger partial charge in [0.1, 0.15) is 12.2 Å². The molecule has 0 radical (unpaired) electrons. The van der Waals surface area contributed by atoms with Gasteiger partial charge in [0.25, 0.3) is 0 Å². The van der Waals surface area contributed by atoms with E-state index in [2.05, 4.69) is 0 Å². The van der Waals surface area contributed by atoms with Crippen LogP contribution < -0.4 is 0 Å². The zero-order chi connectivity index (χ0) is 12.8. The number of carboxylic acids is 1. The maximum Gasteiger partial charge on any atom is 0.335 e. The summed E-state index contributed by atoms with van der Waals surface area (Å²) in [6.07, 6.45) is -0.160. The summed E-state index contributed by atoms with van der Waals surface area (Å²) >= 11 is 0. The zero-order valence-electron chi connectivity index (χ0n) is 9.80. The van der Waals surface area contributed by atoms with E-state index in [-0.39, 0.29) is 12.2 Å². The summed E-state index contributed by atoms with van der Waals surface area (Å²) in [5, 5.41) is 17.7. The van der Waals surface area contributed by atoms with Crippen molar-refractivity contribution >= 4 is 11.9 Å². The highest BCUT2D eigenvalue weighted by atomic mass is 16.6. The van der Waals surface area contributed by atoms with Gasteiger partial charge in [0, 0.05) is 0 Å². The molecule has 1 fully saturated rings. The Balaban J connectivity index is 2.37. The summed E-state index contributed by atoms with van der Waals surface area (Å²) in [6, 6.07) is 0. The maximum atomic E-state index is 11.4. The molecule has 0 aromatic carbocycles. The molecule has 17 heavy (non-hydrogen) atoms. The van der Waals surface area contributed by atoms with Crippen molar-refractivity contribution < 1.29 is 29.3 Å².